The van der Waals surface area contributed by atoms with Crippen molar-refractivity contribution in [2.75, 3.05) is 0 Å². The average Bonchev–Trinajstić information content (AvgIpc) is 3.02. The summed E-state index contributed by atoms with van der Waals surface area (Å²) in [6.45, 7) is 18.6. The second-order valence-corrected chi connectivity index (χ2v) is 7.31. The number of aromatic amines is 1. The van der Waals surface area contributed by atoms with Crippen molar-refractivity contribution in [3.8, 4) is 0 Å². The SMILES string of the molecule is C=C(N)c1ccccc1C.CC.CCCc1c(C(C)C)[nH]c2cc(C)ccc12. The Hall–Kier alpha value is -2.48. The maximum absolute atomic E-state index is 5.52. The van der Waals surface area contributed by atoms with Gasteiger partial charge in [0.1, 0.15) is 0 Å². The summed E-state index contributed by atoms with van der Waals surface area (Å²) < 4.78 is 0. The maximum atomic E-state index is 5.52. The molecule has 152 valence electrons. The van der Waals surface area contributed by atoms with Crippen LogP contribution in [0.2, 0.25) is 0 Å². The van der Waals surface area contributed by atoms with E-state index >= 15 is 0 Å². The third-order valence-corrected chi connectivity index (χ3v) is 4.66. The average molecular weight is 379 g/mol. The van der Waals surface area contributed by atoms with Gasteiger partial charge >= 0.3 is 0 Å². The van der Waals surface area contributed by atoms with Crippen molar-refractivity contribution >= 4 is 16.6 Å². The molecule has 0 fully saturated rings. The molecule has 0 unspecified atom stereocenters. The molecule has 0 spiro atoms. The zero-order valence-corrected chi connectivity index (χ0v) is 18.8. The quantitative estimate of drug-likeness (QED) is 0.485. The van der Waals surface area contributed by atoms with Crippen molar-refractivity contribution in [3.63, 3.8) is 0 Å². The van der Waals surface area contributed by atoms with Crippen LogP contribution in [0.15, 0.2) is 49.0 Å². The Morgan fingerprint density at radius 1 is 1.07 bits per heavy atom. The molecule has 1 heterocycles. The first-order chi connectivity index (χ1) is 13.3. The molecule has 1 aromatic heterocycles. The zero-order valence-electron chi connectivity index (χ0n) is 18.8. The molecule has 0 atom stereocenters. The van der Waals surface area contributed by atoms with E-state index in [4.69, 9.17) is 5.73 Å². The standard InChI is InChI=1S/C15H21N.C9H11N.C2H6/c1-5-6-13-12-8-7-11(4)9-14(12)16-15(13)10(2)3;1-7-5-3-4-6-9(7)8(2)10;1-2/h7-10,16H,5-6H2,1-4H3;3-6H,2,10H2,1H3;1-2H3. The van der Waals surface area contributed by atoms with Crippen molar-refractivity contribution in [1.82, 2.24) is 4.98 Å². The highest BCUT2D eigenvalue weighted by atomic mass is 14.7. The molecule has 28 heavy (non-hydrogen) atoms. The lowest BCUT2D eigenvalue weighted by Crippen LogP contribution is -1.95. The number of aryl methyl sites for hydroxylation is 3. The van der Waals surface area contributed by atoms with Crippen LogP contribution in [0.3, 0.4) is 0 Å². The molecule has 0 amide bonds. The van der Waals surface area contributed by atoms with Crippen molar-refractivity contribution in [1.29, 1.82) is 0 Å². The van der Waals surface area contributed by atoms with Gasteiger partial charge in [-0.15, -0.1) is 0 Å². The number of rotatable bonds is 4. The minimum Gasteiger partial charge on any atom is -0.399 e. The van der Waals surface area contributed by atoms with Crippen LogP contribution in [-0.2, 0) is 6.42 Å². The van der Waals surface area contributed by atoms with Gasteiger partial charge in [0.05, 0.1) is 0 Å². The first kappa shape index (κ1) is 23.6. The van der Waals surface area contributed by atoms with Gasteiger partial charge < -0.3 is 10.7 Å². The highest BCUT2D eigenvalue weighted by Crippen LogP contribution is 2.29. The summed E-state index contributed by atoms with van der Waals surface area (Å²) >= 11 is 0. The van der Waals surface area contributed by atoms with Gasteiger partial charge in [-0.25, -0.2) is 0 Å². The van der Waals surface area contributed by atoms with Crippen LogP contribution in [0.5, 0.6) is 0 Å². The van der Waals surface area contributed by atoms with E-state index in [2.05, 4.69) is 57.5 Å². The van der Waals surface area contributed by atoms with Crippen molar-refractivity contribution in [2.45, 2.75) is 67.2 Å². The molecular weight excluding hydrogens is 340 g/mol. The summed E-state index contributed by atoms with van der Waals surface area (Å²) in [6, 6.07) is 14.7. The molecule has 0 saturated heterocycles. The number of H-pyrrole nitrogens is 1. The van der Waals surface area contributed by atoms with Gasteiger partial charge in [0.25, 0.3) is 0 Å². The molecule has 0 bridgehead atoms. The lowest BCUT2D eigenvalue weighted by Gasteiger charge is -2.06. The van der Waals surface area contributed by atoms with Crippen LogP contribution in [0.4, 0.5) is 0 Å². The van der Waals surface area contributed by atoms with Crippen molar-refractivity contribution in [2.24, 2.45) is 5.73 Å². The van der Waals surface area contributed by atoms with E-state index in [9.17, 15) is 0 Å². The summed E-state index contributed by atoms with van der Waals surface area (Å²) in [7, 11) is 0. The summed E-state index contributed by atoms with van der Waals surface area (Å²) in [5.41, 5.74) is 13.9. The van der Waals surface area contributed by atoms with Gasteiger partial charge in [-0.3, -0.25) is 0 Å². The normalized spacial score (nSPS) is 10.1. The number of fused-ring (bicyclic) bond motifs is 1. The number of nitrogens with one attached hydrogen (secondary N) is 1. The molecule has 3 N–H and O–H groups in total. The molecule has 0 saturated carbocycles. The first-order valence-corrected chi connectivity index (χ1v) is 10.5. The summed E-state index contributed by atoms with van der Waals surface area (Å²) in [5, 5.41) is 1.41. The van der Waals surface area contributed by atoms with Crippen LogP contribution in [0.25, 0.3) is 16.6 Å². The van der Waals surface area contributed by atoms with Crippen LogP contribution in [-0.4, -0.2) is 4.98 Å². The fraction of sp³-hybridized carbons (Fsp3) is 0.385. The van der Waals surface area contributed by atoms with Crippen molar-refractivity contribution in [3.05, 3.63) is 77.0 Å². The fourth-order valence-corrected chi connectivity index (χ4v) is 3.34. The molecular formula is C26H38N2. The lowest BCUT2D eigenvalue weighted by molar-refractivity contribution is 0.802. The Labute approximate surface area is 171 Å². The minimum atomic E-state index is 0.578. The largest absolute Gasteiger partial charge is 0.399 e. The minimum absolute atomic E-state index is 0.578. The monoisotopic (exact) mass is 378 g/mol. The Kier molecular flexibility index (Phi) is 9.58. The van der Waals surface area contributed by atoms with Gasteiger partial charge in [-0.1, -0.05) is 84.0 Å². The highest BCUT2D eigenvalue weighted by molar-refractivity contribution is 5.85. The molecule has 0 aliphatic rings. The molecule has 2 heteroatoms. The topological polar surface area (TPSA) is 41.8 Å². The number of benzene rings is 2. The summed E-state index contributed by atoms with van der Waals surface area (Å²) in [6.07, 6.45) is 2.39. The molecule has 3 aromatic rings. The summed E-state index contributed by atoms with van der Waals surface area (Å²) in [4.78, 5) is 3.59. The predicted molar refractivity (Wildman–Crippen MR) is 127 cm³/mol. The lowest BCUT2D eigenvalue weighted by atomic mass is 9.99. The van der Waals surface area contributed by atoms with E-state index in [-0.39, 0.29) is 0 Å². The van der Waals surface area contributed by atoms with E-state index < -0.39 is 0 Å². The zero-order chi connectivity index (χ0) is 21.3. The van der Waals surface area contributed by atoms with E-state index in [1.54, 1.807) is 0 Å². The Morgan fingerprint density at radius 2 is 1.71 bits per heavy atom. The maximum Gasteiger partial charge on any atom is 0.0461 e. The number of hydrogen-bond donors (Lipinski definition) is 2. The fourth-order valence-electron chi connectivity index (χ4n) is 3.34. The number of aromatic nitrogens is 1. The smallest absolute Gasteiger partial charge is 0.0461 e. The Morgan fingerprint density at radius 3 is 2.21 bits per heavy atom. The predicted octanol–water partition coefficient (Wildman–Crippen LogP) is 7.50. The van der Waals surface area contributed by atoms with Crippen molar-refractivity contribution < 1.29 is 0 Å². The van der Waals surface area contributed by atoms with E-state index in [1.807, 2.05) is 45.0 Å². The van der Waals surface area contributed by atoms with Gasteiger partial charge in [0, 0.05) is 22.3 Å². The van der Waals surface area contributed by atoms with Gasteiger partial charge in [-0.05, 0) is 54.5 Å². The van der Waals surface area contributed by atoms with E-state index in [0.717, 1.165) is 5.56 Å². The van der Waals surface area contributed by atoms with Crippen LogP contribution >= 0.6 is 0 Å². The van der Waals surface area contributed by atoms with Crippen LogP contribution < -0.4 is 5.73 Å². The molecule has 0 aliphatic heterocycles. The second-order valence-electron chi connectivity index (χ2n) is 7.31. The number of nitrogens with two attached hydrogens (primary N) is 1. The van der Waals surface area contributed by atoms with Gasteiger partial charge in [0.15, 0.2) is 0 Å². The molecule has 2 nitrogen and oxygen atoms in total. The van der Waals surface area contributed by atoms with E-state index in [1.165, 1.54) is 46.1 Å². The molecule has 0 aliphatic carbocycles. The van der Waals surface area contributed by atoms with Crippen LogP contribution in [0.1, 0.15) is 74.9 Å². The molecule has 0 radical (unpaired) electrons. The van der Waals surface area contributed by atoms with E-state index in [0.29, 0.717) is 11.6 Å². The molecule has 2 aromatic carbocycles. The first-order valence-electron chi connectivity index (χ1n) is 10.5. The molecule has 3 rings (SSSR count). The highest BCUT2D eigenvalue weighted by Gasteiger charge is 2.12. The third-order valence-electron chi connectivity index (χ3n) is 4.66. The summed E-state index contributed by atoms with van der Waals surface area (Å²) in [5.74, 6) is 0.578. The number of hydrogen-bond acceptors (Lipinski definition) is 1. The van der Waals surface area contributed by atoms with Gasteiger partial charge in [0.2, 0.25) is 0 Å². The third kappa shape index (κ3) is 6.02. The van der Waals surface area contributed by atoms with Crippen LogP contribution in [0, 0.1) is 13.8 Å². The Balaban J connectivity index is 0.000000281. The Bertz CT molecular complexity index is 885. The second kappa shape index (κ2) is 11.4. The van der Waals surface area contributed by atoms with Gasteiger partial charge in [-0.2, -0.15) is 0 Å².